The fourth-order valence-electron chi connectivity index (χ4n) is 2.29. The average Bonchev–Trinajstić information content (AvgIpc) is 3.17. The van der Waals surface area contributed by atoms with Crippen LogP contribution in [0.4, 0.5) is 5.69 Å². The molecule has 1 N–H and O–H groups in total. The van der Waals surface area contributed by atoms with E-state index in [0.717, 1.165) is 17.1 Å². The first-order valence-corrected chi connectivity index (χ1v) is 7.11. The molecule has 0 fully saturated rings. The van der Waals surface area contributed by atoms with E-state index < -0.39 is 0 Å². The Balaban J connectivity index is 1.76. The Morgan fingerprint density at radius 3 is 2.68 bits per heavy atom. The number of nitrogens with one attached hydrogen (secondary N) is 1. The van der Waals surface area contributed by atoms with E-state index >= 15 is 0 Å². The van der Waals surface area contributed by atoms with Gasteiger partial charge in [0.2, 0.25) is 0 Å². The summed E-state index contributed by atoms with van der Waals surface area (Å²) in [5, 5.41) is 7.18. The van der Waals surface area contributed by atoms with Crippen LogP contribution in [0, 0.1) is 6.92 Å². The van der Waals surface area contributed by atoms with Crippen molar-refractivity contribution >= 4 is 11.6 Å². The fraction of sp³-hybridized carbons (Fsp3) is 0.188. The third-order valence-corrected chi connectivity index (χ3v) is 3.36. The molecule has 22 heavy (non-hydrogen) atoms. The number of amides is 1. The highest BCUT2D eigenvalue weighted by Gasteiger charge is 2.13. The predicted molar refractivity (Wildman–Crippen MR) is 84.2 cm³/mol. The van der Waals surface area contributed by atoms with E-state index in [-0.39, 0.29) is 5.91 Å². The largest absolute Gasteiger partial charge is 0.321 e. The molecule has 0 unspecified atom stereocenters. The molecule has 2 heterocycles. The molecule has 6 heteroatoms. The van der Waals surface area contributed by atoms with Crippen LogP contribution in [-0.4, -0.2) is 25.2 Å². The summed E-state index contributed by atoms with van der Waals surface area (Å²) in [6.07, 6.45) is 5.33. The van der Waals surface area contributed by atoms with E-state index in [0.29, 0.717) is 12.2 Å². The topological polar surface area (TPSA) is 64.7 Å². The number of rotatable bonds is 4. The Bertz CT molecular complexity index is 771. The lowest BCUT2D eigenvalue weighted by atomic mass is 10.2. The van der Waals surface area contributed by atoms with Crippen LogP contribution in [0.5, 0.6) is 0 Å². The van der Waals surface area contributed by atoms with Crippen LogP contribution < -0.4 is 5.32 Å². The second kappa shape index (κ2) is 5.85. The predicted octanol–water partition coefficient (Wildman–Crippen LogP) is 2.65. The number of aryl methyl sites for hydroxylation is 2. The van der Waals surface area contributed by atoms with E-state index in [1.165, 1.54) is 0 Å². The van der Waals surface area contributed by atoms with Crippen molar-refractivity contribution in [2.24, 2.45) is 0 Å². The first-order valence-electron chi connectivity index (χ1n) is 7.11. The van der Waals surface area contributed by atoms with Crippen molar-refractivity contribution in [3.8, 4) is 5.69 Å². The molecule has 0 aliphatic heterocycles. The zero-order chi connectivity index (χ0) is 15.5. The van der Waals surface area contributed by atoms with E-state index in [9.17, 15) is 4.79 Å². The molecule has 0 saturated carbocycles. The molecule has 0 radical (unpaired) electrons. The Labute approximate surface area is 128 Å². The van der Waals surface area contributed by atoms with Crippen molar-refractivity contribution < 1.29 is 4.79 Å². The lowest BCUT2D eigenvalue weighted by molar-refractivity contribution is 0.101. The van der Waals surface area contributed by atoms with Gasteiger partial charge in [0, 0.05) is 30.3 Å². The third-order valence-electron chi connectivity index (χ3n) is 3.36. The zero-order valence-electron chi connectivity index (χ0n) is 12.5. The Kier molecular flexibility index (Phi) is 3.74. The Hall–Kier alpha value is -2.89. The van der Waals surface area contributed by atoms with Gasteiger partial charge in [0.25, 0.3) is 5.91 Å². The summed E-state index contributed by atoms with van der Waals surface area (Å²) < 4.78 is 3.60. The van der Waals surface area contributed by atoms with Crippen LogP contribution in [0.15, 0.2) is 49.1 Å². The number of hydrogen-bond acceptors (Lipinski definition) is 3. The van der Waals surface area contributed by atoms with Crippen LogP contribution in [0.3, 0.4) is 0 Å². The van der Waals surface area contributed by atoms with Crippen molar-refractivity contribution in [2.75, 3.05) is 5.32 Å². The number of imidazole rings is 1. The minimum atomic E-state index is -0.155. The molecule has 3 aromatic rings. The molecule has 2 aromatic heterocycles. The maximum Gasteiger partial charge on any atom is 0.273 e. The highest BCUT2D eigenvalue weighted by Crippen LogP contribution is 2.14. The molecule has 0 aliphatic rings. The molecule has 3 rings (SSSR count). The van der Waals surface area contributed by atoms with Crippen LogP contribution in [0.1, 0.15) is 23.1 Å². The highest BCUT2D eigenvalue weighted by molar-refractivity contribution is 6.03. The number of carbonyl (C=O) groups excluding carboxylic acids is 1. The van der Waals surface area contributed by atoms with Gasteiger partial charge >= 0.3 is 0 Å². The summed E-state index contributed by atoms with van der Waals surface area (Å²) in [7, 11) is 0. The monoisotopic (exact) mass is 295 g/mol. The molecule has 6 nitrogen and oxygen atoms in total. The second-order valence-electron chi connectivity index (χ2n) is 4.96. The van der Waals surface area contributed by atoms with Crippen LogP contribution in [0.2, 0.25) is 0 Å². The van der Waals surface area contributed by atoms with Crippen LogP contribution >= 0.6 is 0 Å². The molecule has 112 valence electrons. The highest BCUT2D eigenvalue weighted by atomic mass is 16.2. The van der Waals surface area contributed by atoms with Gasteiger partial charge in [-0.15, -0.1) is 0 Å². The molecule has 0 atom stereocenters. The summed E-state index contributed by atoms with van der Waals surface area (Å²) in [5.41, 5.74) is 3.14. The number of nitrogens with zero attached hydrogens (tertiary/aromatic N) is 4. The van der Waals surface area contributed by atoms with Gasteiger partial charge in [0.15, 0.2) is 0 Å². The molecular weight excluding hydrogens is 278 g/mol. The van der Waals surface area contributed by atoms with Crippen molar-refractivity contribution in [3.05, 3.63) is 60.4 Å². The summed E-state index contributed by atoms with van der Waals surface area (Å²) in [6.45, 7) is 4.50. The summed E-state index contributed by atoms with van der Waals surface area (Å²) in [6, 6.07) is 9.39. The normalized spacial score (nSPS) is 10.6. The number of anilines is 1. The van der Waals surface area contributed by atoms with E-state index in [1.54, 1.807) is 23.3 Å². The Morgan fingerprint density at radius 2 is 2.05 bits per heavy atom. The molecular formula is C16H17N5O. The van der Waals surface area contributed by atoms with Gasteiger partial charge in [0.1, 0.15) is 5.69 Å². The fourth-order valence-corrected chi connectivity index (χ4v) is 2.29. The van der Waals surface area contributed by atoms with Crippen molar-refractivity contribution in [1.82, 2.24) is 19.3 Å². The summed E-state index contributed by atoms with van der Waals surface area (Å²) in [4.78, 5) is 16.3. The van der Waals surface area contributed by atoms with Crippen LogP contribution in [-0.2, 0) is 6.54 Å². The van der Waals surface area contributed by atoms with E-state index in [1.807, 2.05) is 48.9 Å². The van der Waals surface area contributed by atoms with Crippen LogP contribution in [0.25, 0.3) is 5.69 Å². The number of hydrogen-bond donors (Lipinski definition) is 1. The van der Waals surface area contributed by atoms with Gasteiger partial charge in [-0.05, 0) is 44.2 Å². The standard InChI is InChI=1S/C16H17N5O/c1-3-21-15(10-12(2)19-21)16(22)18-13-4-6-14(7-5-13)20-9-8-17-11-20/h4-11H,3H2,1-2H3,(H,18,22). The van der Waals surface area contributed by atoms with Gasteiger partial charge in [-0.2, -0.15) is 5.10 Å². The van der Waals surface area contributed by atoms with Gasteiger partial charge in [-0.1, -0.05) is 0 Å². The average molecular weight is 295 g/mol. The molecule has 0 aliphatic carbocycles. The number of carbonyl (C=O) groups is 1. The number of benzene rings is 1. The lowest BCUT2D eigenvalue weighted by Gasteiger charge is -2.08. The van der Waals surface area contributed by atoms with Gasteiger partial charge in [-0.25, -0.2) is 4.98 Å². The van der Waals surface area contributed by atoms with Gasteiger partial charge < -0.3 is 9.88 Å². The lowest BCUT2D eigenvalue weighted by Crippen LogP contribution is -2.17. The quantitative estimate of drug-likeness (QED) is 0.804. The zero-order valence-corrected chi connectivity index (χ0v) is 12.5. The SMILES string of the molecule is CCn1nc(C)cc1C(=O)Nc1ccc(-n2ccnc2)cc1. The van der Waals surface area contributed by atoms with E-state index in [4.69, 9.17) is 0 Å². The summed E-state index contributed by atoms with van der Waals surface area (Å²) >= 11 is 0. The molecule has 1 amide bonds. The van der Waals surface area contributed by atoms with Gasteiger partial charge in [-0.3, -0.25) is 9.48 Å². The van der Waals surface area contributed by atoms with Crippen molar-refractivity contribution in [2.45, 2.75) is 20.4 Å². The Morgan fingerprint density at radius 1 is 1.27 bits per heavy atom. The molecule has 1 aromatic carbocycles. The van der Waals surface area contributed by atoms with Gasteiger partial charge in [0.05, 0.1) is 12.0 Å². The summed E-state index contributed by atoms with van der Waals surface area (Å²) in [5.74, 6) is -0.155. The maximum atomic E-state index is 12.3. The van der Waals surface area contributed by atoms with Crippen molar-refractivity contribution in [1.29, 1.82) is 0 Å². The maximum absolute atomic E-state index is 12.3. The first-order chi connectivity index (χ1) is 10.7. The van der Waals surface area contributed by atoms with E-state index in [2.05, 4.69) is 15.4 Å². The molecule has 0 saturated heterocycles. The number of aromatic nitrogens is 4. The minimum absolute atomic E-state index is 0.155. The smallest absolute Gasteiger partial charge is 0.273 e. The molecule has 0 bridgehead atoms. The first kappa shape index (κ1) is 14.1. The van der Waals surface area contributed by atoms with Crippen molar-refractivity contribution in [3.63, 3.8) is 0 Å². The molecule has 0 spiro atoms. The second-order valence-corrected chi connectivity index (χ2v) is 4.96. The third kappa shape index (κ3) is 2.76. The minimum Gasteiger partial charge on any atom is -0.321 e.